The van der Waals surface area contributed by atoms with Gasteiger partial charge in [0, 0.05) is 31.5 Å². The van der Waals surface area contributed by atoms with Gasteiger partial charge in [0.25, 0.3) is 5.91 Å². The lowest BCUT2D eigenvalue weighted by Crippen LogP contribution is -2.12. The van der Waals surface area contributed by atoms with Gasteiger partial charge in [-0.25, -0.2) is 0 Å². The van der Waals surface area contributed by atoms with Crippen LogP contribution < -0.4 is 21.1 Å². The summed E-state index contributed by atoms with van der Waals surface area (Å²) in [4.78, 5) is 13.4. The molecule has 0 bridgehead atoms. The van der Waals surface area contributed by atoms with E-state index < -0.39 is 5.91 Å². The number of anilines is 2. The zero-order valence-electron chi connectivity index (χ0n) is 11.5. The molecule has 2 aromatic carbocycles. The Labute approximate surface area is 117 Å². The first-order valence-corrected chi connectivity index (χ1v) is 6.12. The molecule has 0 radical (unpaired) electrons. The maximum Gasteiger partial charge on any atom is 0.252 e. The van der Waals surface area contributed by atoms with Crippen molar-refractivity contribution in [3.05, 3.63) is 48.0 Å². The Hall–Kier alpha value is -2.69. The van der Waals surface area contributed by atoms with Gasteiger partial charge in [-0.1, -0.05) is 6.07 Å². The van der Waals surface area contributed by atoms with E-state index >= 15 is 0 Å². The van der Waals surface area contributed by atoms with Gasteiger partial charge in [-0.05, 0) is 30.3 Å². The van der Waals surface area contributed by atoms with Gasteiger partial charge >= 0.3 is 0 Å². The minimum Gasteiger partial charge on any atom is -0.456 e. The fourth-order valence-electron chi connectivity index (χ4n) is 1.78. The average Bonchev–Trinajstić information content (AvgIpc) is 2.41. The standard InChI is InChI=1S/C15H17N3O2/c1-18(2)11-4-3-5-12(9-11)20-14-7-6-10(16)8-13(14)15(17)19/h3-9H,16H2,1-2H3,(H2,17,19). The van der Waals surface area contributed by atoms with Crippen LogP contribution in [0.2, 0.25) is 0 Å². The van der Waals surface area contributed by atoms with Crippen LogP contribution in [-0.4, -0.2) is 20.0 Å². The molecule has 0 aliphatic heterocycles. The molecule has 0 aliphatic rings. The van der Waals surface area contributed by atoms with E-state index in [0.29, 0.717) is 17.2 Å². The lowest BCUT2D eigenvalue weighted by Gasteiger charge is -2.15. The van der Waals surface area contributed by atoms with Crippen molar-refractivity contribution in [3.63, 3.8) is 0 Å². The smallest absolute Gasteiger partial charge is 0.252 e. The van der Waals surface area contributed by atoms with E-state index in [4.69, 9.17) is 16.2 Å². The summed E-state index contributed by atoms with van der Waals surface area (Å²) >= 11 is 0. The molecule has 0 aliphatic carbocycles. The van der Waals surface area contributed by atoms with E-state index in [1.165, 1.54) is 6.07 Å². The van der Waals surface area contributed by atoms with Gasteiger partial charge in [-0.15, -0.1) is 0 Å². The first-order valence-electron chi connectivity index (χ1n) is 6.12. The second-order valence-corrected chi connectivity index (χ2v) is 4.61. The van der Waals surface area contributed by atoms with Crippen molar-refractivity contribution in [2.45, 2.75) is 0 Å². The molecule has 0 aromatic heterocycles. The maximum atomic E-state index is 11.4. The average molecular weight is 271 g/mol. The highest BCUT2D eigenvalue weighted by Gasteiger charge is 2.11. The Kier molecular flexibility index (Phi) is 3.79. The normalized spacial score (nSPS) is 10.1. The minimum atomic E-state index is -0.573. The lowest BCUT2D eigenvalue weighted by atomic mass is 10.1. The summed E-state index contributed by atoms with van der Waals surface area (Å²) in [5, 5.41) is 0. The molecule has 2 aromatic rings. The third kappa shape index (κ3) is 3.00. The van der Waals surface area contributed by atoms with Crippen LogP contribution in [0.1, 0.15) is 10.4 Å². The Balaban J connectivity index is 2.35. The Morgan fingerprint density at radius 3 is 2.55 bits per heavy atom. The third-order valence-electron chi connectivity index (χ3n) is 2.83. The van der Waals surface area contributed by atoms with Gasteiger partial charge in [0.15, 0.2) is 0 Å². The molecule has 0 saturated heterocycles. The van der Waals surface area contributed by atoms with Gasteiger partial charge in [-0.3, -0.25) is 4.79 Å². The largest absolute Gasteiger partial charge is 0.456 e. The van der Waals surface area contributed by atoms with Crippen molar-refractivity contribution in [2.75, 3.05) is 24.7 Å². The van der Waals surface area contributed by atoms with Crippen LogP contribution in [0.5, 0.6) is 11.5 Å². The van der Waals surface area contributed by atoms with E-state index in [2.05, 4.69) is 0 Å². The van der Waals surface area contributed by atoms with E-state index in [9.17, 15) is 4.79 Å². The van der Waals surface area contributed by atoms with Crippen molar-refractivity contribution in [1.82, 2.24) is 0 Å². The van der Waals surface area contributed by atoms with Gasteiger partial charge in [0.2, 0.25) is 0 Å². The van der Waals surface area contributed by atoms with E-state index in [-0.39, 0.29) is 5.56 Å². The number of carbonyl (C=O) groups is 1. The van der Waals surface area contributed by atoms with Crippen molar-refractivity contribution < 1.29 is 9.53 Å². The van der Waals surface area contributed by atoms with Crippen LogP contribution in [0.15, 0.2) is 42.5 Å². The molecule has 0 heterocycles. The molecular weight excluding hydrogens is 254 g/mol. The quantitative estimate of drug-likeness (QED) is 0.835. The van der Waals surface area contributed by atoms with E-state index in [0.717, 1.165) is 5.69 Å². The Morgan fingerprint density at radius 1 is 1.15 bits per heavy atom. The molecule has 5 heteroatoms. The fourth-order valence-corrected chi connectivity index (χ4v) is 1.78. The molecule has 4 N–H and O–H groups in total. The van der Waals surface area contributed by atoms with E-state index in [1.807, 2.05) is 43.3 Å². The van der Waals surface area contributed by atoms with Gasteiger partial charge in [0.05, 0.1) is 5.56 Å². The first kappa shape index (κ1) is 13.7. The second kappa shape index (κ2) is 5.52. The molecule has 104 valence electrons. The van der Waals surface area contributed by atoms with Crippen LogP contribution in [0.3, 0.4) is 0 Å². The lowest BCUT2D eigenvalue weighted by molar-refractivity contribution is 0.0998. The van der Waals surface area contributed by atoms with Crippen LogP contribution in [0, 0.1) is 0 Å². The number of amides is 1. The summed E-state index contributed by atoms with van der Waals surface area (Å²) in [6.45, 7) is 0. The molecule has 5 nitrogen and oxygen atoms in total. The molecule has 0 spiro atoms. The fraction of sp³-hybridized carbons (Fsp3) is 0.133. The summed E-state index contributed by atoms with van der Waals surface area (Å²) in [6.07, 6.45) is 0. The van der Waals surface area contributed by atoms with Gasteiger partial charge < -0.3 is 21.1 Å². The molecule has 0 atom stereocenters. The van der Waals surface area contributed by atoms with Crippen molar-refractivity contribution in [2.24, 2.45) is 5.73 Å². The third-order valence-corrected chi connectivity index (χ3v) is 2.83. The van der Waals surface area contributed by atoms with Crippen LogP contribution in [0.4, 0.5) is 11.4 Å². The number of nitrogen functional groups attached to an aromatic ring is 1. The number of nitrogens with two attached hydrogens (primary N) is 2. The number of primary amides is 1. The number of benzene rings is 2. The summed E-state index contributed by atoms with van der Waals surface area (Å²) in [6, 6.07) is 12.3. The van der Waals surface area contributed by atoms with Crippen LogP contribution in [0.25, 0.3) is 0 Å². The summed E-state index contributed by atoms with van der Waals surface area (Å²) in [7, 11) is 3.88. The number of hydrogen-bond acceptors (Lipinski definition) is 4. The maximum absolute atomic E-state index is 11.4. The van der Waals surface area contributed by atoms with Crippen molar-refractivity contribution in [3.8, 4) is 11.5 Å². The summed E-state index contributed by atoms with van der Waals surface area (Å²) < 4.78 is 5.73. The van der Waals surface area contributed by atoms with Crippen molar-refractivity contribution in [1.29, 1.82) is 0 Å². The van der Waals surface area contributed by atoms with Crippen LogP contribution in [-0.2, 0) is 0 Å². The monoisotopic (exact) mass is 271 g/mol. The topological polar surface area (TPSA) is 81.6 Å². The molecule has 0 fully saturated rings. The SMILES string of the molecule is CN(C)c1cccc(Oc2ccc(N)cc2C(N)=O)c1. The second-order valence-electron chi connectivity index (χ2n) is 4.61. The zero-order chi connectivity index (χ0) is 14.7. The van der Waals surface area contributed by atoms with Gasteiger partial charge in [-0.2, -0.15) is 0 Å². The highest BCUT2D eigenvalue weighted by Crippen LogP contribution is 2.28. The number of rotatable bonds is 4. The first-order chi connectivity index (χ1) is 9.47. The Bertz CT molecular complexity index is 639. The molecule has 0 saturated carbocycles. The number of nitrogens with zero attached hydrogens (tertiary/aromatic N) is 1. The molecule has 1 amide bonds. The zero-order valence-corrected chi connectivity index (χ0v) is 11.5. The Morgan fingerprint density at radius 2 is 1.90 bits per heavy atom. The van der Waals surface area contributed by atoms with Gasteiger partial charge in [0.1, 0.15) is 11.5 Å². The highest BCUT2D eigenvalue weighted by molar-refractivity contribution is 5.96. The van der Waals surface area contributed by atoms with Crippen molar-refractivity contribution >= 4 is 17.3 Å². The minimum absolute atomic E-state index is 0.264. The van der Waals surface area contributed by atoms with E-state index in [1.54, 1.807) is 12.1 Å². The molecular formula is C15H17N3O2. The predicted molar refractivity (Wildman–Crippen MR) is 80.2 cm³/mol. The summed E-state index contributed by atoms with van der Waals surface area (Å²) in [5.74, 6) is 0.446. The predicted octanol–water partition coefficient (Wildman–Crippen LogP) is 2.23. The molecule has 0 unspecified atom stereocenters. The van der Waals surface area contributed by atoms with Crippen LogP contribution >= 0.6 is 0 Å². The summed E-state index contributed by atoms with van der Waals surface area (Å²) in [5.41, 5.74) is 12.7. The molecule has 2 rings (SSSR count). The number of carbonyl (C=O) groups excluding carboxylic acids is 1. The highest BCUT2D eigenvalue weighted by atomic mass is 16.5. The molecule has 20 heavy (non-hydrogen) atoms. The number of ether oxygens (including phenoxy) is 1. The number of hydrogen-bond donors (Lipinski definition) is 2.